The summed E-state index contributed by atoms with van der Waals surface area (Å²) in [4.78, 5) is 17.2. The number of aromatic nitrogens is 4. The molecule has 1 aromatic carbocycles. The number of hydrogen-bond acceptors (Lipinski definition) is 7. The Labute approximate surface area is 179 Å². The molecule has 9 heteroatoms. The summed E-state index contributed by atoms with van der Waals surface area (Å²) in [6, 6.07) is 8.43. The van der Waals surface area contributed by atoms with E-state index in [9.17, 15) is 4.39 Å². The molecule has 0 amide bonds. The molecule has 0 saturated carbocycles. The summed E-state index contributed by atoms with van der Waals surface area (Å²) in [5.74, 6) is 0.853. The molecule has 0 unspecified atom stereocenters. The lowest BCUT2D eigenvalue weighted by atomic mass is 10.1. The van der Waals surface area contributed by atoms with Crippen LogP contribution in [0.5, 0.6) is 0 Å². The van der Waals surface area contributed by atoms with Gasteiger partial charge in [-0.2, -0.15) is 0 Å². The van der Waals surface area contributed by atoms with E-state index in [0.717, 1.165) is 43.6 Å². The van der Waals surface area contributed by atoms with E-state index in [-0.39, 0.29) is 5.82 Å². The quantitative estimate of drug-likeness (QED) is 0.578. The molecule has 8 nitrogen and oxygen atoms in total. The zero-order chi connectivity index (χ0) is 21.0. The number of benzene rings is 1. The number of H-pyrrole nitrogens is 1. The predicted molar refractivity (Wildman–Crippen MR) is 114 cm³/mol. The highest BCUT2D eigenvalue weighted by atomic mass is 19.1. The van der Waals surface area contributed by atoms with Crippen molar-refractivity contribution in [2.45, 2.75) is 31.6 Å². The van der Waals surface area contributed by atoms with Crippen LogP contribution in [-0.2, 0) is 9.47 Å². The summed E-state index contributed by atoms with van der Waals surface area (Å²) in [5.41, 5.74) is 2.86. The number of anilines is 1. The van der Waals surface area contributed by atoms with Gasteiger partial charge in [-0.25, -0.2) is 19.3 Å². The number of piperidine rings is 1. The maximum atomic E-state index is 13.5. The number of rotatable bonds is 5. The molecule has 3 aromatic rings. The van der Waals surface area contributed by atoms with Crippen molar-refractivity contribution < 1.29 is 13.9 Å². The van der Waals surface area contributed by atoms with E-state index in [0.29, 0.717) is 42.4 Å². The van der Waals surface area contributed by atoms with Crippen molar-refractivity contribution in [1.29, 1.82) is 0 Å². The number of imidazole rings is 1. The average Bonchev–Trinajstić information content (AvgIpc) is 3.27. The van der Waals surface area contributed by atoms with Gasteiger partial charge in [-0.15, -0.1) is 0 Å². The van der Waals surface area contributed by atoms with Crippen molar-refractivity contribution >= 4 is 5.95 Å². The third kappa shape index (κ3) is 4.58. The Morgan fingerprint density at radius 3 is 2.55 bits per heavy atom. The third-order valence-electron chi connectivity index (χ3n) is 5.47. The van der Waals surface area contributed by atoms with Gasteiger partial charge in [-0.3, -0.25) is 0 Å². The number of nitrogens with one attached hydrogen (secondary N) is 3. The summed E-state index contributed by atoms with van der Waals surface area (Å²) in [6.45, 7) is 3.20. The molecule has 4 heterocycles. The number of nitrogens with zero attached hydrogens (tertiary/aromatic N) is 3. The topological polar surface area (TPSA) is 97.0 Å². The highest BCUT2D eigenvalue weighted by Crippen LogP contribution is 2.33. The molecule has 3 N–H and O–H groups in total. The molecule has 2 aliphatic rings. The second-order valence-electron chi connectivity index (χ2n) is 7.71. The van der Waals surface area contributed by atoms with E-state index in [1.165, 1.54) is 12.1 Å². The predicted octanol–water partition coefficient (Wildman–Crippen LogP) is 3.27. The van der Waals surface area contributed by atoms with Gasteiger partial charge in [0.05, 0.1) is 30.3 Å². The largest absolute Gasteiger partial charge is 0.351 e. The lowest BCUT2D eigenvalue weighted by Crippen LogP contribution is -2.35. The molecule has 2 fully saturated rings. The van der Waals surface area contributed by atoms with Crippen LogP contribution in [0, 0.1) is 5.82 Å². The summed E-state index contributed by atoms with van der Waals surface area (Å²) < 4.78 is 24.9. The van der Waals surface area contributed by atoms with Crippen LogP contribution >= 0.6 is 0 Å². The Hall–Kier alpha value is -2.88. The first kappa shape index (κ1) is 20.0. The summed E-state index contributed by atoms with van der Waals surface area (Å²) in [5, 5.41) is 6.79. The minimum atomic E-state index is -0.559. The first-order valence-electron chi connectivity index (χ1n) is 10.7. The summed E-state index contributed by atoms with van der Waals surface area (Å²) in [7, 11) is 0. The van der Waals surface area contributed by atoms with Gasteiger partial charge in [0.15, 0.2) is 5.82 Å². The normalized spacial score (nSPS) is 18.2. The molecule has 0 radical (unpaired) electrons. The Bertz CT molecular complexity index is 1010. The molecule has 31 heavy (non-hydrogen) atoms. The highest BCUT2D eigenvalue weighted by Gasteiger charge is 2.24. The smallest absolute Gasteiger partial charge is 0.223 e. The minimum absolute atomic E-state index is 0.296. The first-order valence-corrected chi connectivity index (χ1v) is 10.7. The Balaban J connectivity index is 1.50. The van der Waals surface area contributed by atoms with E-state index in [4.69, 9.17) is 19.4 Å². The molecule has 0 atom stereocenters. The molecular formula is C22H25FN6O2. The van der Waals surface area contributed by atoms with Crippen LogP contribution in [0.1, 0.15) is 31.4 Å². The van der Waals surface area contributed by atoms with E-state index < -0.39 is 6.29 Å². The molecule has 2 saturated heterocycles. The lowest BCUT2D eigenvalue weighted by Gasteiger charge is -2.23. The number of ether oxygens (including phenoxy) is 2. The second kappa shape index (κ2) is 9.09. The van der Waals surface area contributed by atoms with Gasteiger partial charge in [-0.05, 0) is 62.7 Å². The van der Waals surface area contributed by atoms with Gasteiger partial charge in [0.25, 0.3) is 0 Å². The Morgan fingerprint density at radius 2 is 1.77 bits per heavy atom. The SMILES string of the molecule is Fc1ccc(-c2nc(C3OCCCO3)[nH]c2-c2ccnc(NC3CCNCC3)n2)cc1. The monoisotopic (exact) mass is 424 g/mol. The number of hydrogen-bond donors (Lipinski definition) is 3. The van der Waals surface area contributed by atoms with Crippen LogP contribution in [0.4, 0.5) is 10.3 Å². The Morgan fingerprint density at radius 1 is 1.00 bits per heavy atom. The minimum Gasteiger partial charge on any atom is -0.351 e. The maximum Gasteiger partial charge on any atom is 0.223 e. The zero-order valence-corrected chi connectivity index (χ0v) is 17.1. The Kier molecular flexibility index (Phi) is 5.88. The average molecular weight is 424 g/mol. The van der Waals surface area contributed by atoms with E-state index >= 15 is 0 Å². The summed E-state index contributed by atoms with van der Waals surface area (Å²) in [6.07, 6.45) is 4.08. The number of aromatic amines is 1. The van der Waals surface area contributed by atoms with Gasteiger partial charge in [0.1, 0.15) is 5.82 Å². The van der Waals surface area contributed by atoms with Gasteiger partial charge >= 0.3 is 0 Å². The van der Waals surface area contributed by atoms with E-state index in [2.05, 4.69) is 20.6 Å². The zero-order valence-electron chi connectivity index (χ0n) is 17.1. The summed E-state index contributed by atoms with van der Waals surface area (Å²) >= 11 is 0. The fraction of sp³-hybridized carbons (Fsp3) is 0.409. The standard InChI is InChI=1S/C22H25FN6O2/c23-15-4-2-14(3-5-15)18-19(29-20(28-18)21-30-12-1-13-31-21)17-8-11-25-22(27-17)26-16-6-9-24-10-7-16/h2-5,8,11,16,21,24H,1,6-7,9-10,12-13H2,(H,28,29)(H,25,26,27). The van der Waals surface area contributed by atoms with Crippen LogP contribution in [0.3, 0.4) is 0 Å². The van der Waals surface area contributed by atoms with Crippen molar-refractivity contribution in [3.8, 4) is 22.6 Å². The van der Waals surface area contributed by atoms with Crippen molar-refractivity contribution in [2.24, 2.45) is 0 Å². The number of halogens is 1. The first-order chi connectivity index (χ1) is 15.3. The molecule has 2 aliphatic heterocycles. The molecule has 2 aromatic heterocycles. The van der Waals surface area contributed by atoms with Gasteiger partial charge < -0.3 is 25.1 Å². The van der Waals surface area contributed by atoms with Gasteiger partial charge in [0, 0.05) is 17.8 Å². The van der Waals surface area contributed by atoms with E-state index in [1.54, 1.807) is 18.3 Å². The van der Waals surface area contributed by atoms with Crippen molar-refractivity contribution in [2.75, 3.05) is 31.6 Å². The molecular weight excluding hydrogens is 399 g/mol. The van der Waals surface area contributed by atoms with Crippen molar-refractivity contribution in [3.05, 3.63) is 48.2 Å². The van der Waals surface area contributed by atoms with E-state index in [1.807, 2.05) is 6.07 Å². The molecule has 0 bridgehead atoms. The van der Waals surface area contributed by atoms with Gasteiger partial charge in [0.2, 0.25) is 12.2 Å². The van der Waals surface area contributed by atoms with Crippen molar-refractivity contribution in [3.63, 3.8) is 0 Å². The molecule has 162 valence electrons. The molecule has 0 spiro atoms. The highest BCUT2D eigenvalue weighted by molar-refractivity contribution is 5.77. The van der Waals surface area contributed by atoms with Crippen LogP contribution in [0.15, 0.2) is 36.5 Å². The van der Waals surface area contributed by atoms with Crippen LogP contribution in [0.25, 0.3) is 22.6 Å². The van der Waals surface area contributed by atoms with Crippen LogP contribution in [-0.4, -0.2) is 52.3 Å². The fourth-order valence-corrected chi connectivity index (χ4v) is 3.87. The molecule has 5 rings (SSSR count). The van der Waals surface area contributed by atoms with Crippen LogP contribution < -0.4 is 10.6 Å². The maximum absolute atomic E-state index is 13.5. The lowest BCUT2D eigenvalue weighted by molar-refractivity contribution is -0.186. The molecule has 0 aliphatic carbocycles. The third-order valence-corrected chi connectivity index (χ3v) is 5.47. The van der Waals surface area contributed by atoms with Crippen LogP contribution in [0.2, 0.25) is 0 Å². The second-order valence-corrected chi connectivity index (χ2v) is 7.71. The van der Waals surface area contributed by atoms with Crippen molar-refractivity contribution in [1.82, 2.24) is 25.3 Å². The van der Waals surface area contributed by atoms with Gasteiger partial charge in [-0.1, -0.05) is 0 Å². The fourth-order valence-electron chi connectivity index (χ4n) is 3.87.